The van der Waals surface area contributed by atoms with Crippen LogP contribution in [0.4, 0.5) is 0 Å². The van der Waals surface area contributed by atoms with E-state index in [4.69, 9.17) is 4.74 Å². The molecular formula is C30H36O2. The van der Waals surface area contributed by atoms with Crippen LogP contribution in [0.3, 0.4) is 0 Å². The van der Waals surface area contributed by atoms with Crippen molar-refractivity contribution in [1.29, 1.82) is 0 Å². The Kier molecular flexibility index (Phi) is 14.4. The molecule has 0 fully saturated rings. The van der Waals surface area contributed by atoms with Crippen molar-refractivity contribution in [3.63, 3.8) is 0 Å². The molecule has 2 heteroatoms. The highest BCUT2D eigenvalue weighted by atomic mass is 16.5. The van der Waals surface area contributed by atoms with Gasteiger partial charge in [0.1, 0.15) is 5.75 Å². The molecule has 4 aromatic carbocycles. The van der Waals surface area contributed by atoms with Gasteiger partial charge in [-0.05, 0) is 40.8 Å². The van der Waals surface area contributed by atoms with Crippen molar-refractivity contribution in [3.05, 3.63) is 126 Å². The number of benzene rings is 4. The van der Waals surface area contributed by atoms with Gasteiger partial charge in [-0.1, -0.05) is 117 Å². The van der Waals surface area contributed by atoms with Crippen LogP contribution in [0.15, 0.2) is 115 Å². The van der Waals surface area contributed by atoms with Crippen LogP contribution >= 0.6 is 0 Å². The summed E-state index contributed by atoms with van der Waals surface area (Å²) in [4.78, 5) is 0. The van der Waals surface area contributed by atoms with Crippen molar-refractivity contribution in [1.82, 2.24) is 0 Å². The summed E-state index contributed by atoms with van der Waals surface area (Å²) < 4.78 is 9.37. The lowest BCUT2D eigenvalue weighted by atomic mass is 10.1. The molecule has 0 atom stereocenters. The van der Waals surface area contributed by atoms with Crippen molar-refractivity contribution in [3.8, 4) is 16.9 Å². The Hall–Kier alpha value is -3.36. The third kappa shape index (κ3) is 10.6. The fraction of sp³-hybridized carbons (Fsp3) is 0.200. The van der Waals surface area contributed by atoms with Gasteiger partial charge in [0.2, 0.25) is 0 Å². The Morgan fingerprint density at radius 2 is 0.812 bits per heavy atom. The minimum atomic E-state index is 0.909. The van der Waals surface area contributed by atoms with Crippen molar-refractivity contribution in [2.75, 3.05) is 21.3 Å². The average Bonchev–Trinajstić information content (AvgIpc) is 2.88. The van der Waals surface area contributed by atoms with Crippen molar-refractivity contribution < 1.29 is 9.47 Å². The topological polar surface area (TPSA) is 18.5 Å². The number of ether oxygens (including phenoxy) is 2. The SMILES string of the molecule is CC.COC.COc1ccc(Cc2ccccc2)cc1.c1ccc(-c2ccccc2)cc1. The molecule has 0 aliphatic heterocycles. The molecule has 32 heavy (non-hydrogen) atoms. The minimum Gasteiger partial charge on any atom is -0.497 e. The number of hydrogen-bond donors (Lipinski definition) is 0. The average molecular weight is 429 g/mol. The highest BCUT2D eigenvalue weighted by molar-refractivity contribution is 5.62. The van der Waals surface area contributed by atoms with E-state index in [9.17, 15) is 0 Å². The van der Waals surface area contributed by atoms with Crippen LogP contribution in [0.25, 0.3) is 11.1 Å². The molecule has 0 saturated heterocycles. The van der Waals surface area contributed by atoms with Crippen LogP contribution in [0.1, 0.15) is 25.0 Å². The van der Waals surface area contributed by atoms with E-state index in [-0.39, 0.29) is 0 Å². The highest BCUT2D eigenvalue weighted by Crippen LogP contribution is 2.17. The summed E-state index contributed by atoms with van der Waals surface area (Å²) in [5, 5.41) is 0. The first kappa shape index (κ1) is 26.7. The predicted molar refractivity (Wildman–Crippen MR) is 138 cm³/mol. The number of hydrogen-bond acceptors (Lipinski definition) is 2. The molecule has 2 nitrogen and oxygen atoms in total. The van der Waals surface area contributed by atoms with E-state index in [1.54, 1.807) is 21.3 Å². The van der Waals surface area contributed by atoms with Gasteiger partial charge in [0.25, 0.3) is 0 Å². The van der Waals surface area contributed by atoms with E-state index in [1.807, 2.05) is 44.2 Å². The number of methoxy groups -OCH3 is 2. The molecule has 0 heterocycles. The molecule has 0 bridgehead atoms. The Morgan fingerprint density at radius 1 is 0.469 bits per heavy atom. The van der Waals surface area contributed by atoms with Gasteiger partial charge in [0, 0.05) is 14.2 Å². The van der Waals surface area contributed by atoms with Gasteiger partial charge in [-0.2, -0.15) is 0 Å². The van der Waals surface area contributed by atoms with E-state index in [0.717, 1.165) is 12.2 Å². The molecule has 0 aliphatic rings. The second-order valence-electron chi connectivity index (χ2n) is 6.65. The zero-order chi connectivity index (χ0) is 23.4. The normalized spacial score (nSPS) is 9.03. The first-order valence-electron chi connectivity index (χ1n) is 10.9. The first-order valence-corrected chi connectivity index (χ1v) is 10.9. The molecule has 4 rings (SSSR count). The lowest BCUT2D eigenvalue weighted by Crippen LogP contribution is -1.88. The van der Waals surface area contributed by atoms with Gasteiger partial charge in [0.15, 0.2) is 0 Å². The summed E-state index contributed by atoms with van der Waals surface area (Å²) in [6.07, 6.45) is 0.977. The van der Waals surface area contributed by atoms with E-state index in [2.05, 4.69) is 89.7 Å². The molecule has 0 spiro atoms. The molecule has 0 amide bonds. The summed E-state index contributed by atoms with van der Waals surface area (Å²) in [6, 6.07) is 39.4. The second-order valence-corrected chi connectivity index (χ2v) is 6.65. The van der Waals surface area contributed by atoms with Crippen LogP contribution in [0.2, 0.25) is 0 Å². The molecule has 0 aromatic heterocycles. The Balaban J connectivity index is 0.000000271. The standard InChI is InChI=1S/C14H14O.C12H10.C2H6O.C2H6/c1-15-14-9-7-13(8-10-14)11-12-5-3-2-4-6-12;1-3-7-11(8-4-1)12-9-5-2-6-10-12;1-3-2;1-2/h2-10H,11H2,1H3;1-10H;1-2H3;1-2H3. The molecule has 0 radical (unpaired) electrons. The van der Waals surface area contributed by atoms with Crippen LogP contribution in [0.5, 0.6) is 5.75 Å². The summed E-state index contributed by atoms with van der Waals surface area (Å²) in [5.74, 6) is 0.909. The van der Waals surface area contributed by atoms with Crippen LogP contribution in [-0.4, -0.2) is 21.3 Å². The molecule has 0 N–H and O–H groups in total. The van der Waals surface area contributed by atoms with E-state index >= 15 is 0 Å². The molecule has 0 unspecified atom stereocenters. The van der Waals surface area contributed by atoms with Crippen LogP contribution < -0.4 is 4.74 Å². The minimum absolute atomic E-state index is 0.909. The summed E-state index contributed by atoms with van der Waals surface area (Å²) >= 11 is 0. The van der Waals surface area contributed by atoms with Gasteiger partial charge >= 0.3 is 0 Å². The fourth-order valence-corrected chi connectivity index (χ4v) is 2.84. The van der Waals surface area contributed by atoms with Gasteiger partial charge < -0.3 is 9.47 Å². The van der Waals surface area contributed by atoms with Crippen molar-refractivity contribution in [2.24, 2.45) is 0 Å². The molecular weight excluding hydrogens is 392 g/mol. The van der Waals surface area contributed by atoms with E-state index in [0.29, 0.717) is 0 Å². The Bertz CT molecular complexity index is 881. The maximum absolute atomic E-state index is 5.12. The lowest BCUT2D eigenvalue weighted by molar-refractivity contribution is 0.277. The van der Waals surface area contributed by atoms with Gasteiger partial charge in [0.05, 0.1) is 7.11 Å². The summed E-state index contributed by atoms with van der Waals surface area (Å²) in [6.45, 7) is 4.00. The van der Waals surface area contributed by atoms with Gasteiger partial charge in [-0.15, -0.1) is 0 Å². The van der Waals surface area contributed by atoms with Crippen LogP contribution in [-0.2, 0) is 11.2 Å². The third-order valence-electron chi connectivity index (χ3n) is 4.29. The predicted octanol–water partition coefficient (Wildman–Crippen LogP) is 7.93. The summed E-state index contributed by atoms with van der Waals surface area (Å²) in [7, 11) is 4.94. The van der Waals surface area contributed by atoms with Gasteiger partial charge in [-0.3, -0.25) is 0 Å². The zero-order valence-corrected chi connectivity index (χ0v) is 20.0. The smallest absolute Gasteiger partial charge is 0.118 e. The van der Waals surface area contributed by atoms with Gasteiger partial charge in [-0.25, -0.2) is 0 Å². The monoisotopic (exact) mass is 428 g/mol. The second kappa shape index (κ2) is 17.3. The summed E-state index contributed by atoms with van der Waals surface area (Å²) in [5.41, 5.74) is 5.20. The first-order chi connectivity index (χ1) is 15.8. The van der Waals surface area contributed by atoms with Crippen molar-refractivity contribution in [2.45, 2.75) is 20.3 Å². The van der Waals surface area contributed by atoms with E-state index < -0.39 is 0 Å². The van der Waals surface area contributed by atoms with E-state index in [1.165, 1.54) is 22.3 Å². The lowest BCUT2D eigenvalue weighted by Gasteiger charge is -2.03. The zero-order valence-electron chi connectivity index (χ0n) is 20.0. The number of rotatable bonds is 4. The third-order valence-corrected chi connectivity index (χ3v) is 4.29. The quantitative estimate of drug-likeness (QED) is 0.328. The maximum Gasteiger partial charge on any atom is 0.118 e. The fourth-order valence-electron chi connectivity index (χ4n) is 2.84. The largest absolute Gasteiger partial charge is 0.497 e. The Labute approximate surface area is 194 Å². The molecule has 0 aliphatic carbocycles. The van der Waals surface area contributed by atoms with Crippen LogP contribution in [0, 0.1) is 0 Å². The molecule has 168 valence electrons. The maximum atomic E-state index is 5.12. The molecule has 4 aromatic rings. The van der Waals surface area contributed by atoms with Crippen molar-refractivity contribution >= 4 is 0 Å². The highest BCUT2D eigenvalue weighted by Gasteiger charge is 1.96. The Morgan fingerprint density at radius 3 is 1.19 bits per heavy atom. The molecule has 0 saturated carbocycles.